The van der Waals surface area contributed by atoms with Gasteiger partial charge in [-0.1, -0.05) is 37.1 Å². The molecule has 1 saturated carbocycles. The van der Waals surface area contributed by atoms with Crippen molar-refractivity contribution in [2.24, 2.45) is 0 Å². The van der Waals surface area contributed by atoms with E-state index < -0.39 is 5.97 Å². The van der Waals surface area contributed by atoms with Crippen LogP contribution in [0.5, 0.6) is 0 Å². The molecule has 4 heteroatoms. The van der Waals surface area contributed by atoms with Crippen LogP contribution in [0.15, 0.2) is 48.5 Å². The summed E-state index contributed by atoms with van der Waals surface area (Å²) in [6.45, 7) is 0. The maximum Gasteiger partial charge on any atom is 0.335 e. The number of hydrogen-bond acceptors (Lipinski definition) is 2. The predicted octanol–water partition coefficient (Wildman–Crippen LogP) is 4.38. The van der Waals surface area contributed by atoms with Gasteiger partial charge in [-0.2, -0.15) is 5.10 Å². The summed E-state index contributed by atoms with van der Waals surface area (Å²) in [6.07, 6.45) is 4.85. The average Bonchev–Trinajstić information content (AvgIpc) is 3.21. The normalized spacial score (nSPS) is 15.3. The topological polar surface area (TPSA) is 55.1 Å². The average molecular weight is 306 g/mol. The molecule has 23 heavy (non-hydrogen) atoms. The number of para-hydroxylation sites is 1. The van der Waals surface area contributed by atoms with Crippen LogP contribution in [0, 0.1) is 0 Å². The van der Waals surface area contributed by atoms with Gasteiger partial charge in [0.05, 0.1) is 22.5 Å². The minimum absolute atomic E-state index is 0.285. The third-order valence-electron chi connectivity index (χ3n) is 4.70. The van der Waals surface area contributed by atoms with Crippen LogP contribution >= 0.6 is 0 Å². The van der Waals surface area contributed by atoms with Crippen molar-refractivity contribution in [3.05, 3.63) is 59.8 Å². The van der Waals surface area contributed by atoms with Gasteiger partial charge in [0.2, 0.25) is 0 Å². The Morgan fingerprint density at radius 2 is 1.83 bits per heavy atom. The molecular weight excluding hydrogens is 288 g/mol. The second-order valence-electron chi connectivity index (χ2n) is 6.15. The highest BCUT2D eigenvalue weighted by Crippen LogP contribution is 2.39. The van der Waals surface area contributed by atoms with Crippen molar-refractivity contribution in [3.63, 3.8) is 0 Å². The molecule has 1 aliphatic rings. The lowest BCUT2D eigenvalue weighted by Gasteiger charge is -2.13. The largest absolute Gasteiger partial charge is 0.478 e. The number of hydrogen-bond donors (Lipinski definition) is 1. The molecule has 1 aliphatic carbocycles. The maximum atomic E-state index is 11.2. The number of rotatable bonds is 3. The van der Waals surface area contributed by atoms with Gasteiger partial charge in [0.1, 0.15) is 0 Å². The SMILES string of the molecule is O=C(O)c1ccc2c(C3CCCC3)n(-c3ccccc3)nc2c1. The Morgan fingerprint density at radius 1 is 1.09 bits per heavy atom. The van der Waals surface area contributed by atoms with Crippen LogP contribution in [0.25, 0.3) is 16.6 Å². The maximum absolute atomic E-state index is 11.2. The molecule has 0 amide bonds. The first-order chi connectivity index (χ1) is 11.2. The summed E-state index contributed by atoms with van der Waals surface area (Å²) in [6, 6.07) is 15.4. The molecule has 3 aromatic rings. The highest BCUT2D eigenvalue weighted by atomic mass is 16.4. The van der Waals surface area contributed by atoms with Gasteiger partial charge in [-0.05, 0) is 37.1 Å². The Balaban J connectivity index is 1.96. The summed E-state index contributed by atoms with van der Waals surface area (Å²) in [4.78, 5) is 11.2. The first kappa shape index (κ1) is 14.0. The molecule has 0 bridgehead atoms. The predicted molar refractivity (Wildman–Crippen MR) is 89.2 cm³/mol. The zero-order chi connectivity index (χ0) is 15.8. The van der Waals surface area contributed by atoms with Gasteiger partial charge in [-0.25, -0.2) is 9.48 Å². The Morgan fingerprint density at radius 3 is 2.52 bits per heavy atom. The lowest BCUT2D eigenvalue weighted by molar-refractivity contribution is 0.0697. The van der Waals surface area contributed by atoms with Crippen molar-refractivity contribution in [1.82, 2.24) is 9.78 Å². The fourth-order valence-corrected chi connectivity index (χ4v) is 3.60. The minimum Gasteiger partial charge on any atom is -0.478 e. The van der Waals surface area contributed by atoms with E-state index in [1.165, 1.54) is 31.4 Å². The van der Waals surface area contributed by atoms with Crippen LogP contribution in [0.1, 0.15) is 47.7 Å². The third kappa shape index (κ3) is 2.40. The number of aromatic nitrogens is 2. The van der Waals surface area contributed by atoms with Gasteiger partial charge in [-0.15, -0.1) is 0 Å². The number of aromatic carboxylic acids is 1. The van der Waals surface area contributed by atoms with Crippen molar-refractivity contribution in [1.29, 1.82) is 0 Å². The van der Waals surface area contributed by atoms with Crippen molar-refractivity contribution < 1.29 is 9.90 Å². The van der Waals surface area contributed by atoms with Crippen molar-refractivity contribution in [2.75, 3.05) is 0 Å². The van der Waals surface area contributed by atoms with E-state index in [2.05, 4.69) is 0 Å². The molecule has 0 unspecified atom stereocenters. The Labute approximate surface area is 134 Å². The lowest BCUT2D eigenvalue weighted by Crippen LogP contribution is -2.05. The summed E-state index contributed by atoms with van der Waals surface area (Å²) in [5, 5.41) is 15.0. The Bertz CT molecular complexity index is 862. The van der Waals surface area contributed by atoms with Crippen molar-refractivity contribution in [2.45, 2.75) is 31.6 Å². The van der Waals surface area contributed by atoms with E-state index in [1.54, 1.807) is 12.1 Å². The van der Waals surface area contributed by atoms with Crippen molar-refractivity contribution >= 4 is 16.9 Å². The highest BCUT2D eigenvalue weighted by molar-refractivity contribution is 5.94. The van der Waals surface area contributed by atoms with Crippen molar-refractivity contribution in [3.8, 4) is 5.69 Å². The van der Waals surface area contributed by atoms with Gasteiger partial charge in [-0.3, -0.25) is 0 Å². The number of nitrogens with zero attached hydrogens (tertiary/aromatic N) is 2. The summed E-state index contributed by atoms with van der Waals surface area (Å²) < 4.78 is 2.01. The first-order valence-electron chi connectivity index (χ1n) is 8.05. The van der Waals surface area contributed by atoms with Crippen LogP contribution in [-0.2, 0) is 0 Å². The molecule has 0 saturated heterocycles. The van der Waals surface area contributed by atoms with Gasteiger partial charge >= 0.3 is 5.97 Å². The molecule has 4 rings (SSSR count). The highest BCUT2D eigenvalue weighted by Gasteiger charge is 2.25. The van der Waals surface area contributed by atoms with E-state index in [9.17, 15) is 9.90 Å². The summed E-state index contributed by atoms with van der Waals surface area (Å²) in [5.41, 5.74) is 3.30. The van der Waals surface area contributed by atoms with E-state index in [4.69, 9.17) is 5.10 Å². The fraction of sp³-hybridized carbons (Fsp3) is 0.263. The van der Waals surface area contributed by atoms with Gasteiger partial charge in [0, 0.05) is 11.3 Å². The zero-order valence-electron chi connectivity index (χ0n) is 12.8. The van der Waals surface area contributed by atoms with E-state index >= 15 is 0 Å². The Hall–Kier alpha value is -2.62. The van der Waals surface area contributed by atoms with Crippen LogP contribution < -0.4 is 0 Å². The molecule has 1 fully saturated rings. The number of carboxylic acid groups (broad SMARTS) is 1. The molecule has 4 nitrogen and oxygen atoms in total. The van der Waals surface area contributed by atoms with E-state index in [0.29, 0.717) is 5.92 Å². The standard InChI is InChI=1S/C19H18N2O2/c22-19(23)14-10-11-16-17(12-14)20-21(15-8-2-1-3-9-15)18(16)13-6-4-5-7-13/h1-3,8-13H,4-7H2,(H,22,23). The van der Waals surface area contributed by atoms with E-state index in [1.807, 2.05) is 41.1 Å². The number of fused-ring (bicyclic) bond motifs is 1. The summed E-state index contributed by atoms with van der Waals surface area (Å²) >= 11 is 0. The monoisotopic (exact) mass is 306 g/mol. The van der Waals surface area contributed by atoms with Gasteiger partial charge in [0.25, 0.3) is 0 Å². The molecule has 1 N–H and O–H groups in total. The van der Waals surface area contributed by atoms with Crippen LogP contribution in [0.4, 0.5) is 0 Å². The number of carbonyl (C=O) groups is 1. The fourth-order valence-electron chi connectivity index (χ4n) is 3.60. The quantitative estimate of drug-likeness (QED) is 0.781. The molecule has 0 aliphatic heterocycles. The van der Waals surface area contributed by atoms with E-state index in [0.717, 1.165) is 16.6 Å². The molecule has 1 aromatic heterocycles. The summed E-state index contributed by atoms with van der Waals surface area (Å²) in [7, 11) is 0. The van der Waals surface area contributed by atoms with Crippen LogP contribution in [0.3, 0.4) is 0 Å². The van der Waals surface area contributed by atoms with Crippen LogP contribution in [0.2, 0.25) is 0 Å². The molecular formula is C19H18N2O2. The lowest BCUT2D eigenvalue weighted by atomic mass is 9.99. The molecule has 0 radical (unpaired) electrons. The zero-order valence-corrected chi connectivity index (χ0v) is 12.8. The number of benzene rings is 2. The second kappa shape index (κ2) is 5.54. The smallest absolute Gasteiger partial charge is 0.335 e. The minimum atomic E-state index is -0.913. The van der Waals surface area contributed by atoms with Gasteiger partial charge in [0.15, 0.2) is 0 Å². The third-order valence-corrected chi connectivity index (χ3v) is 4.70. The summed E-state index contributed by atoms with van der Waals surface area (Å²) in [5.74, 6) is -0.417. The molecule has 116 valence electrons. The van der Waals surface area contributed by atoms with E-state index in [-0.39, 0.29) is 5.56 Å². The second-order valence-corrected chi connectivity index (χ2v) is 6.15. The molecule has 1 heterocycles. The number of carboxylic acids is 1. The van der Waals surface area contributed by atoms with Gasteiger partial charge < -0.3 is 5.11 Å². The van der Waals surface area contributed by atoms with Crippen LogP contribution in [-0.4, -0.2) is 20.9 Å². The molecule has 0 spiro atoms. The molecule has 2 aromatic carbocycles. The molecule has 0 atom stereocenters. The first-order valence-corrected chi connectivity index (χ1v) is 8.05. The Kier molecular flexibility index (Phi) is 3.37.